The van der Waals surface area contributed by atoms with Gasteiger partial charge in [0.1, 0.15) is 5.60 Å². The summed E-state index contributed by atoms with van der Waals surface area (Å²) >= 11 is 0. The van der Waals surface area contributed by atoms with Gasteiger partial charge in [-0.15, -0.1) is 0 Å². The Morgan fingerprint density at radius 1 is 1.03 bits per heavy atom. The number of carbonyl (C=O) groups excluding carboxylic acids is 1. The fraction of sp³-hybridized carbons (Fsp3) is 0.458. The quantitative estimate of drug-likeness (QED) is 0.564. The molecule has 0 spiro atoms. The molecule has 0 aliphatic heterocycles. The molecule has 0 saturated heterocycles. The van der Waals surface area contributed by atoms with Gasteiger partial charge in [-0.05, 0) is 58.2 Å². The number of aryl methyl sites for hydroxylation is 1. The monoisotopic (exact) mass is 398 g/mol. The molecular formula is C24H34N2O3. The highest BCUT2D eigenvalue weighted by Gasteiger charge is 2.24. The molecule has 0 bridgehead atoms. The van der Waals surface area contributed by atoms with Crippen LogP contribution < -0.4 is 10.6 Å². The molecule has 0 heterocycles. The van der Waals surface area contributed by atoms with E-state index in [1.165, 1.54) is 11.1 Å². The minimum atomic E-state index is -0.735. The minimum absolute atomic E-state index is 0.388. The summed E-state index contributed by atoms with van der Waals surface area (Å²) in [5, 5.41) is 16.8. The lowest BCUT2D eigenvalue weighted by atomic mass is 10.0. The lowest BCUT2D eigenvalue weighted by Gasteiger charge is -2.27. The van der Waals surface area contributed by atoms with Crippen molar-refractivity contribution < 1.29 is 14.6 Å². The van der Waals surface area contributed by atoms with Gasteiger partial charge in [-0.2, -0.15) is 0 Å². The predicted molar refractivity (Wildman–Crippen MR) is 117 cm³/mol. The number of aliphatic hydroxyl groups is 1. The first-order chi connectivity index (χ1) is 13.7. The number of alkyl carbamates (subject to hydrolysis) is 1. The van der Waals surface area contributed by atoms with Crippen LogP contribution in [-0.2, 0) is 17.6 Å². The van der Waals surface area contributed by atoms with E-state index in [9.17, 15) is 9.90 Å². The molecule has 5 heteroatoms. The lowest BCUT2D eigenvalue weighted by molar-refractivity contribution is 0.0423. The Morgan fingerprint density at radius 3 is 2.31 bits per heavy atom. The van der Waals surface area contributed by atoms with E-state index in [1.54, 1.807) is 0 Å². The molecule has 5 nitrogen and oxygen atoms in total. The molecule has 2 aromatic rings. The van der Waals surface area contributed by atoms with Gasteiger partial charge >= 0.3 is 6.09 Å². The Bertz CT molecular complexity index is 739. The first-order valence-corrected chi connectivity index (χ1v) is 10.2. The van der Waals surface area contributed by atoms with E-state index in [-0.39, 0.29) is 0 Å². The summed E-state index contributed by atoms with van der Waals surface area (Å²) in [6.07, 6.45) is 0.161. The molecule has 0 aromatic heterocycles. The zero-order valence-electron chi connectivity index (χ0n) is 17.9. The maximum absolute atomic E-state index is 12.2. The number of benzene rings is 2. The van der Waals surface area contributed by atoms with Crippen LogP contribution in [0.3, 0.4) is 0 Å². The summed E-state index contributed by atoms with van der Waals surface area (Å²) in [5.41, 5.74) is 2.96. The molecule has 3 N–H and O–H groups in total. The number of rotatable bonds is 9. The van der Waals surface area contributed by atoms with Crippen molar-refractivity contribution in [2.75, 3.05) is 13.1 Å². The fourth-order valence-electron chi connectivity index (χ4n) is 2.99. The third-order valence-corrected chi connectivity index (χ3v) is 4.53. The van der Waals surface area contributed by atoms with Crippen molar-refractivity contribution >= 4 is 6.09 Å². The molecule has 29 heavy (non-hydrogen) atoms. The lowest BCUT2D eigenvalue weighted by Crippen LogP contribution is -2.50. The highest BCUT2D eigenvalue weighted by atomic mass is 16.6. The Hall–Kier alpha value is -2.37. The molecule has 0 unspecified atom stereocenters. The van der Waals surface area contributed by atoms with Crippen LogP contribution >= 0.6 is 0 Å². The van der Waals surface area contributed by atoms with E-state index >= 15 is 0 Å². The number of amides is 1. The molecule has 0 aliphatic rings. The van der Waals surface area contributed by atoms with Crippen LogP contribution in [0.5, 0.6) is 0 Å². The van der Waals surface area contributed by atoms with Crippen LogP contribution in [0.1, 0.15) is 37.5 Å². The van der Waals surface area contributed by atoms with Gasteiger partial charge in [0.15, 0.2) is 0 Å². The van der Waals surface area contributed by atoms with E-state index in [1.807, 2.05) is 51.1 Å². The summed E-state index contributed by atoms with van der Waals surface area (Å²) in [6.45, 7) is 8.68. The number of ether oxygens (including phenoxy) is 1. The second-order valence-electron chi connectivity index (χ2n) is 8.45. The molecule has 0 saturated carbocycles. The first-order valence-electron chi connectivity index (χ1n) is 10.2. The summed E-state index contributed by atoms with van der Waals surface area (Å²) in [4.78, 5) is 12.2. The van der Waals surface area contributed by atoms with E-state index in [0.29, 0.717) is 13.0 Å². The molecule has 0 aliphatic carbocycles. The number of hydrogen-bond donors (Lipinski definition) is 3. The molecule has 2 atom stereocenters. The van der Waals surface area contributed by atoms with Gasteiger partial charge in [-0.1, -0.05) is 60.2 Å². The molecule has 0 radical (unpaired) electrons. The maximum Gasteiger partial charge on any atom is 0.407 e. The van der Waals surface area contributed by atoms with Gasteiger partial charge < -0.3 is 20.5 Å². The average Bonchev–Trinajstić information content (AvgIpc) is 2.65. The smallest absolute Gasteiger partial charge is 0.407 e. The largest absolute Gasteiger partial charge is 0.444 e. The Morgan fingerprint density at radius 2 is 1.69 bits per heavy atom. The SMILES string of the molecule is Cc1ccc(CCNC[C@@H](O)[C@H](Cc2ccccc2)NC(=O)OC(C)(C)C)cc1. The van der Waals surface area contributed by atoms with Crippen LogP contribution in [0.15, 0.2) is 54.6 Å². The zero-order chi connectivity index (χ0) is 21.3. The molecule has 2 aromatic carbocycles. The second kappa shape index (κ2) is 11.0. The molecule has 158 valence electrons. The summed E-state index contributed by atoms with van der Waals surface area (Å²) in [5.74, 6) is 0. The molecule has 0 fully saturated rings. The normalized spacial score (nSPS) is 13.6. The average molecular weight is 399 g/mol. The number of nitrogens with one attached hydrogen (secondary N) is 2. The predicted octanol–water partition coefficient (Wildman–Crippen LogP) is 3.62. The van der Waals surface area contributed by atoms with Crippen molar-refractivity contribution in [2.45, 2.75) is 58.3 Å². The van der Waals surface area contributed by atoms with Crippen LogP contribution in [0.4, 0.5) is 4.79 Å². The van der Waals surface area contributed by atoms with Crippen LogP contribution in [-0.4, -0.2) is 42.0 Å². The Labute approximate surface area is 174 Å². The van der Waals surface area contributed by atoms with Gasteiger partial charge in [0.2, 0.25) is 0 Å². The number of carbonyl (C=O) groups is 1. The standard InChI is InChI=1S/C24H34N2O3/c1-18-10-12-19(13-11-18)14-15-25-17-22(27)21(16-20-8-6-5-7-9-20)26-23(28)29-24(2,3)4/h5-13,21-22,25,27H,14-17H2,1-4H3,(H,26,28)/t21-,22+/m0/s1. The first kappa shape index (κ1) is 22.9. The van der Waals surface area contributed by atoms with Crippen LogP contribution in [0.2, 0.25) is 0 Å². The number of hydrogen-bond acceptors (Lipinski definition) is 4. The van der Waals surface area contributed by atoms with Crippen molar-refractivity contribution in [3.63, 3.8) is 0 Å². The zero-order valence-corrected chi connectivity index (χ0v) is 17.9. The van der Waals surface area contributed by atoms with Gasteiger partial charge in [0.05, 0.1) is 12.1 Å². The fourth-order valence-corrected chi connectivity index (χ4v) is 2.99. The van der Waals surface area contributed by atoms with E-state index in [0.717, 1.165) is 18.5 Å². The highest BCUT2D eigenvalue weighted by Crippen LogP contribution is 2.10. The maximum atomic E-state index is 12.2. The topological polar surface area (TPSA) is 70.6 Å². The summed E-state index contributed by atoms with van der Waals surface area (Å²) < 4.78 is 5.37. The van der Waals surface area contributed by atoms with Crippen molar-refractivity contribution in [1.29, 1.82) is 0 Å². The van der Waals surface area contributed by atoms with Crippen LogP contribution in [0, 0.1) is 6.92 Å². The molecule has 1 amide bonds. The summed E-state index contributed by atoms with van der Waals surface area (Å²) in [7, 11) is 0. The van der Waals surface area contributed by atoms with Crippen molar-refractivity contribution in [2.24, 2.45) is 0 Å². The minimum Gasteiger partial charge on any atom is -0.444 e. The van der Waals surface area contributed by atoms with E-state index in [4.69, 9.17) is 4.74 Å². The van der Waals surface area contributed by atoms with Gasteiger partial charge in [0, 0.05) is 6.54 Å². The molecule has 2 rings (SSSR count). The third-order valence-electron chi connectivity index (χ3n) is 4.53. The highest BCUT2D eigenvalue weighted by molar-refractivity contribution is 5.68. The Balaban J connectivity index is 1.89. The molecular weight excluding hydrogens is 364 g/mol. The third kappa shape index (κ3) is 9.11. The van der Waals surface area contributed by atoms with Crippen molar-refractivity contribution in [1.82, 2.24) is 10.6 Å². The van der Waals surface area contributed by atoms with Gasteiger partial charge in [-0.25, -0.2) is 4.79 Å². The van der Waals surface area contributed by atoms with E-state index in [2.05, 4.69) is 41.8 Å². The van der Waals surface area contributed by atoms with Crippen molar-refractivity contribution in [3.05, 3.63) is 71.3 Å². The van der Waals surface area contributed by atoms with Gasteiger partial charge in [0.25, 0.3) is 0 Å². The van der Waals surface area contributed by atoms with Gasteiger partial charge in [-0.3, -0.25) is 0 Å². The summed E-state index contributed by atoms with van der Waals surface area (Å²) in [6, 6.07) is 17.8. The van der Waals surface area contributed by atoms with Crippen molar-refractivity contribution in [3.8, 4) is 0 Å². The van der Waals surface area contributed by atoms with Crippen LogP contribution in [0.25, 0.3) is 0 Å². The number of aliphatic hydroxyl groups excluding tert-OH is 1. The van der Waals surface area contributed by atoms with E-state index < -0.39 is 23.8 Å². The Kier molecular flexibility index (Phi) is 8.68. The second-order valence-corrected chi connectivity index (χ2v) is 8.45.